The molecule has 2 fully saturated rings. The molecule has 1 spiro atoms. The van der Waals surface area contributed by atoms with Crippen molar-refractivity contribution in [1.82, 2.24) is 15.3 Å². The zero-order valence-corrected chi connectivity index (χ0v) is 26.4. The Labute approximate surface area is 270 Å². The molecule has 0 saturated carbocycles. The van der Waals surface area contributed by atoms with Crippen LogP contribution in [0.25, 0.3) is 11.1 Å². The van der Waals surface area contributed by atoms with E-state index < -0.39 is 12.3 Å². The Morgan fingerprint density at radius 1 is 1.15 bits per heavy atom. The predicted octanol–water partition coefficient (Wildman–Crippen LogP) is 5.60. The average Bonchev–Trinajstić information content (AvgIpc) is 3.43. The quantitative estimate of drug-likeness (QED) is 0.198. The number of benzene rings is 2. The van der Waals surface area contributed by atoms with E-state index in [0.29, 0.717) is 56.4 Å². The second-order valence-corrected chi connectivity index (χ2v) is 11.9. The zero-order valence-electron chi connectivity index (χ0n) is 25.6. The number of carbonyl (C=O) groups is 1. The Kier molecular flexibility index (Phi) is 10.4. The van der Waals surface area contributed by atoms with Crippen molar-refractivity contribution < 1.29 is 36.9 Å². The van der Waals surface area contributed by atoms with Crippen molar-refractivity contribution in [3.8, 4) is 22.8 Å². The zero-order chi connectivity index (χ0) is 32.9. The third kappa shape index (κ3) is 7.94. The fourth-order valence-corrected chi connectivity index (χ4v) is 6.17. The highest BCUT2D eigenvalue weighted by Crippen LogP contribution is 2.44. The molecule has 5 rings (SSSR count). The summed E-state index contributed by atoms with van der Waals surface area (Å²) in [6.07, 6.45) is -5.04. The van der Waals surface area contributed by atoms with Crippen molar-refractivity contribution in [1.29, 1.82) is 0 Å². The summed E-state index contributed by atoms with van der Waals surface area (Å²) in [6.45, 7) is 4.55. The maximum atomic E-state index is 14.7. The summed E-state index contributed by atoms with van der Waals surface area (Å²) in [7, 11) is 1.54. The lowest BCUT2D eigenvalue weighted by atomic mass is 9.76. The molecule has 0 amide bonds. The Morgan fingerprint density at radius 2 is 1.93 bits per heavy atom. The van der Waals surface area contributed by atoms with Gasteiger partial charge in [-0.3, -0.25) is 4.79 Å². The lowest BCUT2D eigenvalue weighted by Gasteiger charge is -2.39. The molecule has 2 aliphatic heterocycles. The minimum atomic E-state index is -4.82. The predicted molar refractivity (Wildman–Crippen MR) is 167 cm³/mol. The summed E-state index contributed by atoms with van der Waals surface area (Å²) in [5, 5.41) is 3.53. The van der Waals surface area contributed by atoms with Gasteiger partial charge in [0.25, 0.3) is 0 Å². The number of anilines is 2. The molecule has 3 heterocycles. The van der Waals surface area contributed by atoms with E-state index in [1.807, 2.05) is 4.90 Å². The van der Waals surface area contributed by atoms with Crippen LogP contribution in [0.5, 0.6) is 11.6 Å². The molecule has 0 radical (unpaired) electrons. The average molecular weight is 664 g/mol. The largest absolute Gasteiger partial charge is 0.491 e. The summed E-state index contributed by atoms with van der Waals surface area (Å²) < 4.78 is 65.6. The van der Waals surface area contributed by atoms with E-state index in [1.165, 1.54) is 24.3 Å². The molecular weight excluding hydrogens is 627 g/mol. The first kappa shape index (κ1) is 33.6. The fourth-order valence-electron chi connectivity index (χ4n) is 6.00. The van der Waals surface area contributed by atoms with E-state index in [1.54, 1.807) is 38.3 Å². The summed E-state index contributed by atoms with van der Waals surface area (Å²) in [5.74, 6) is 0.0523. The molecule has 2 aromatic carbocycles. The number of aromatic nitrogens is 2. The SMILES string of the molecule is CCOC(=O)[C@@H]1CC2(CCN(c3cc(O[C@H](c4ccc(Cl)cc4-c4cccc(OCCOC)c4)C(F)(F)F)nc(N)n3)CC2)CN1. The van der Waals surface area contributed by atoms with Gasteiger partial charge >= 0.3 is 12.1 Å². The second-order valence-electron chi connectivity index (χ2n) is 11.4. The molecule has 1 aromatic heterocycles. The maximum Gasteiger partial charge on any atom is 0.429 e. The van der Waals surface area contributed by atoms with Crippen molar-refractivity contribution in [2.24, 2.45) is 5.41 Å². The van der Waals surface area contributed by atoms with Gasteiger partial charge in [0.05, 0.1) is 13.2 Å². The molecular formula is C32H37ClF3N5O5. The number of methoxy groups -OCH3 is 1. The number of hydrogen-bond acceptors (Lipinski definition) is 10. The monoisotopic (exact) mass is 663 g/mol. The number of nitrogens with zero attached hydrogens (tertiary/aromatic N) is 3. The van der Waals surface area contributed by atoms with Crippen molar-refractivity contribution in [3.05, 3.63) is 59.1 Å². The lowest BCUT2D eigenvalue weighted by Crippen LogP contribution is -2.41. The third-order valence-electron chi connectivity index (χ3n) is 8.32. The molecule has 14 heteroatoms. The highest BCUT2D eigenvalue weighted by molar-refractivity contribution is 6.30. The van der Waals surface area contributed by atoms with Crippen molar-refractivity contribution >= 4 is 29.3 Å². The summed E-state index contributed by atoms with van der Waals surface area (Å²) in [5.41, 5.74) is 6.43. The van der Waals surface area contributed by atoms with E-state index in [4.69, 9.17) is 36.3 Å². The van der Waals surface area contributed by atoms with Gasteiger partial charge in [0.1, 0.15) is 24.2 Å². The van der Waals surface area contributed by atoms with Gasteiger partial charge in [-0.2, -0.15) is 23.1 Å². The van der Waals surface area contributed by atoms with E-state index in [0.717, 1.165) is 12.8 Å². The van der Waals surface area contributed by atoms with E-state index in [2.05, 4.69) is 15.3 Å². The Hall–Kier alpha value is -3.81. The normalized spacial score (nSPS) is 18.4. The number of halogens is 4. The molecule has 2 aliphatic rings. The number of nitrogen functional groups attached to an aromatic ring is 1. The van der Waals surface area contributed by atoms with Crippen LogP contribution in [0, 0.1) is 5.41 Å². The van der Waals surface area contributed by atoms with Gasteiger partial charge in [0.2, 0.25) is 17.9 Å². The Balaban J connectivity index is 1.37. The molecule has 0 unspecified atom stereocenters. The third-order valence-corrected chi connectivity index (χ3v) is 8.56. The molecule has 0 aliphatic carbocycles. The van der Waals surface area contributed by atoms with Crippen LogP contribution in [0.4, 0.5) is 24.9 Å². The van der Waals surface area contributed by atoms with Crippen LogP contribution in [-0.4, -0.2) is 74.7 Å². The number of nitrogens with two attached hydrogens (primary N) is 1. The molecule has 248 valence electrons. The van der Waals surface area contributed by atoms with Crippen molar-refractivity contribution in [2.45, 2.75) is 44.5 Å². The number of ether oxygens (including phenoxy) is 4. The smallest absolute Gasteiger partial charge is 0.429 e. The maximum absolute atomic E-state index is 14.7. The number of nitrogens with one attached hydrogen (secondary N) is 1. The second kappa shape index (κ2) is 14.3. The molecule has 2 atom stereocenters. The Bertz CT molecular complexity index is 1520. The van der Waals surface area contributed by atoms with Crippen LogP contribution in [0.3, 0.4) is 0 Å². The van der Waals surface area contributed by atoms with Crippen LogP contribution in [0.15, 0.2) is 48.5 Å². The topological polar surface area (TPSA) is 121 Å². The van der Waals surface area contributed by atoms with Crippen LogP contribution < -0.4 is 25.4 Å². The lowest BCUT2D eigenvalue weighted by molar-refractivity contribution is -0.198. The molecule has 46 heavy (non-hydrogen) atoms. The number of piperidine rings is 1. The standard InChI is InChI=1S/C32H37ClF3N5O5/c1-3-44-29(42)25-18-31(19-38-25)9-11-41(12-10-31)26-17-27(40-30(37)39-26)46-28(32(34,35)36)23-8-7-21(33)16-24(23)20-5-4-6-22(15-20)45-14-13-43-2/h4-8,15-17,25,28,38H,3,9-14,18-19H2,1-2H3,(H2,37,39,40)/t25-,28+/m0/s1. The molecule has 3 N–H and O–H groups in total. The number of hydrogen-bond donors (Lipinski definition) is 2. The van der Waals surface area contributed by atoms with Crippen molar-refractivity contribution in [3.63, 3.8) is 0 Å². The molecule has 10 nitrogen and oxygen atoms in total. The van der Waals surface area contributed by atoms with Gasteiger partial charge in [0.15, 0.2) is 0 Å². The fraction of sp³-hybridized carbons (Fsp3) is 0.469. The number of esters is 1. The molecule has 2 saturated heterocycles. The molecule has 3 aromatic rings. The molecule has 0 bridgehead atoms. The number of rotatable bonds is 11. The van der Waals surface area contributed by atoms with Crippen LogP contribution in [0.1, 0.15) is 37.9 Å². The van der Waals surface area contributed by atoms with Crippen LogP contribution in [-0.2, 0) is 14.3 Å². The van der Waals surface area contributed by atoms with E-state index in [-0.39, 0.29) is 52.0 Å². The van der Waals surface area contributed by atoms with Crippen LogP contribution >= 0.6 is 11.6 Å². The van der Waals surface area contributed by atoms with Gasteiger partial charge in [-0.1, -0.05) is 29.8 Å². The van der Waals surface area contributed by atoms with Crippen LogP contribution in [0.2, 0.25) is 5.02 Å². The summed E-state index contributed by atoms with van der Waals surface area (Å²) in [6, 6.07) is 11.9. The van der Waals surface area contributed by atoms with Gasteiger partial charge in [0, 0.05) is 43.4 Å². The Morgan fingerprint density at radius 3 is 2.65 bits per heavy atom. The van der Waals surface area contributed by atoms with E-state index in [9.17, 15) is 18.0 Å². The summed E-state index contributed by atoms with van der Waals surface area (Å²) in [4.78, 5) is 22.5. The first-order chi connectivity index (χ1) is 22.0. The summed E-state index contributed by atoms with van der Waals surface area (Å²) >= 11 is 6.26. The van der Waals surface area contributed by atoms with Crippen molar-refractivity contribution in [2.75, 3.05) is 57.2 Å². The number of carbonyl (C=O) groups excluding carboxylic acids is 1. The van der Waals surface area contributed by atoms with E-state index >= 15 is 0 Å². The van der Waals surface area contributed by atoms with Gasteiger partial charge in [-0.25, -0.2) is 0 Å². The minimum Gasteiger partial charge on any atom is -0.491 e. The first-order valence-electron chi connectivity index (χ1n) is 15.0. The van der Waals surface area contributed by atoms with Gasteiger partial charge < -0.3 is 34.9 Å². The highest BCUT2D eigenvalue weighted by Gasteiger charge is 2.46. The first-order valence-corrected chi connectivity index (χ1v) is 15.4. The minimum absolute atomic E-state index is 0.0790. The highest BCUT2D eigenvalue weighted by atomic mass is 35.5. The van der Waals surface area contributed by atoms with Gasteiger partial charge in [-0.15, -0.1) is 0 Å². The van der Waals surface area contributed by atoms with Gasteiger partial charge in [-0.05, 0) is 67.0 Å². The number of alkyl halides is 3.